The molecule has 0 aromatic carbocycles. The highest BCUT2D eigenvalue weighted by atomic mass is 32.1. The Morgan fingerprint density at radius 2 is 2.39 bits per heavy atom. The number of H-pyrrole nitrogens is 1. The molecule has 1 aliphatic heterocycles. The highest BCUT2D eigenvalue weighted by molar-refractivity contribution is 7.71. The average Bonchev–Trinajstić information content (AvgIpc) is 2.65. The zero-order valence-electron chi connectivity index (χ0n) is 9.65. The number of nitrogens with one attached hydrogen (secondary N) is 1. The zero-order valence-corrected chi connectivity index (χ0v) is 10.5. The minimum atomic E-state index is -0.959. The van der Waals surface area contributed by atoms with E-state index in [1.807, 2.05) is 0 Å². The van der Waals surface area contributed by atoms with E-state index in [0.29, 0.717) is 0 Å². The van der Waals surface area contributed by atoms with Gasteiger partial charge in [-0.1, -0.05) is 0 Å². The number of aliphatic hydroxyl groups excluding tert-OH is 2. The molecule has 0 amide bonds. The van der Waals surface area contributed by atoms with E-state index in [1.165, 1.54) is 23.9 Å². The highest BCUT2D eigenvalue weighted by Crippen LogP contribution is 2.30. The Hall–Kier alpha value is -1.06. The Morgan fingerprint density at radius 1 is 1.67 bits per heavy atom. The molecule has 18 heavy (non-hydrogen) atoms. The number of aliphatic hydroxyl groups is 2. The maximum absolute atomic E-state index is 11.1. The van der Waals surface area contributed by atoms with E-state index < -0.39 is 24.5 Å². The quantitative estimate of drug-likeness (QED) is 0.623. The van der Waals surface area contributed by atoms with E-state index in [4.69, 9.17) is 26.8 Å². The Bertz CT molecular complexity index is 527. The molecule has 8 heteroatoms. The third-order valence-electron chi connectivity index (χ3n) is 2.89. The fraction of sp³-hybridized carbons (Fsp3) is 0.600. The molecule has 3 N–H and O–H groups in total. The van der Waals surface area contributed by atoms with Crippen LogP contribution < -0.4 is 5.56 Å². The van der Waals surface area contributed by atoms with E-state index in [0.717, 1.165) is 0 Å². The summed E-state index contributed by atoms with van der Waals surface area (Å²) in [6, 6.07) is 1.30. The number of ether oxygens (including phenoxy) is 2. The Labute approximate surface area is 108 Å². The predicted octanol–water partition coefficient (Wildman–Crippen LogP) is -0.829. The summed E-state index contributed by atoms with van der Waals surface area (Å²) >= 11 is 5.02. The summed E-state index contributed by atoms with van der Waals surface area (Å²) in [7, 11) is 1.43. The van der Waals surface area contributed by atoms with Crippen molar-refractivity contribution in [2.24, 2.45) is 0 Å². The number of aromatic nitrogens is 2. The molecule has 0 bridgehead atoms. The van der Waals surface area contributed by atoms with Crippen molar-refractivity contribution in [2.75, 3.05) is 13.7 Å². The molecule has 4 atom stereocenters. The van der Waals surface area contributed by atoms with Crippen LogP contribution in [0, 0.1) is 4.77 Å². The molecule has 4 unspecified atom stereocenters. The summed E-state index contributed by atoms with van der Waals surface area (Å²) in [4.78, 5) is 13.5. The van der Waals surface area contributed by atoms with Crippen LogP contribution in [0.2, 0.25) is 0 Å². The van der Waals surface area contributed by atoms with E-state index in [9.17, 15) is 9.90 Å². The van der Waals surface area contributed by atoms with Crippen molar-refractivity contribution < 1.29 is 19.7 Å². The molecule has 1 saturated heterocycles. The summed E-state index contributed by atoms with van der Waals surface area (Å²) in [6.45, 7) is -0.325. The zero-order chi connectivity index (χ0) is 13.3. The summed E-state index contributed by atoms with van der Waals surface area (Å²) in [5, 5.41) is 19.0. The molecule has 7 nitrogen and oxygen atoms in total. The molecule has 0 spiro atoms. The molecule has 0 aliphatic carbocycles. The maximum Gasteiger partial charge on any atom is 0.251 e. The highest BCUT2D eigenvalue weighted by Gasteiger charge is 2.44. The largest absolute Gasteiger partial charge is 0.394 e. The third-order valence-corrected chi connectivity index (χ3v) is 3.20. The predicted molar refractivity (Wildman–Crippen MR) is 63.7 cm³/mol. The molecule has 1 aromatic rings. The van der Waals surface area contributed by atoms with Gasteiger partial charge in [0.2, 0.25) is 0 Å². The van der Waals surface area contributed by atoms with Crippen LogP contribution in [0.15, 0.2) is 17.1 Å². The molecule has 1 aliphatic rings. The molecular formula is C10H14N2O5S. The van der Waals surface area contributed by atoms with Crippen molar-refractivity contribution in [3.63, 3.8) is 0 Å². The lowest BCUT2D eigenvalue weighted by molar-refractivity contribution is -0.0616. The normalized spacial score (nSPS) is 31.7. The van der Waals surface area contributed by atoms with Crippen LogP contribution in [-0.4, -0.2) is 51.8 Å². The van der Waals surface area contributed by atoms with E-state index in [1.54, 1.807) is 0 Å². The van der Waals surface area contributed by atoms with Gasteiger partial charge in [-0.05, 0) is 12.2 Å². The molecule has 2 rings (SSSR count). The molecular weight excluding hydrogens is 260 g/mol. The van der Waals surface area contributed by atoms with Gasteiger partial charge in [0, 0.05) is 19.4 Å². The van der Waals surface area contributed by atoms with Crippen LogP contribution in [0.25, 0.3) is 0 Å². The Kier molecular flexibility index (Phi) is 3.93. The van der Waals surface area contributed by atoms with Crippen molar-refractivity contribution in [2.45, 2.75) is 24.5 Å². The fourth-order valence-electron chi connectivity index (χ4n) is 1.98. The Morgan fingerprint density at radius 3 is 2.94 bits per heavy atom. The van der Waals surface area contributed by atoms with Crippen molar-refractivity contribution >= 4 is 12.2 Å². The smallest absolute Gasteiger partial charge is 0.251 e. The fourth-order valence-corrected chi connectivity index (χ4v) is 2.24. The van der Waals surface area contributed by atoms with Gasteiger partial charge in [0.15, 0.2) is 11.0 Å². The molecule has 0 radical (unpaired) electrons. The van der Waals surface area contributed by atoms with E-state index in [-0.39, 0.29) is 16.9 Å². The standard InChI is InChI=1S/C10H14N2O5S/c1-16-8-7(15)5(4-13)17-9(8)12-3-2-6(14)11-10(12)18/h2-3,5,7-9,13,15H,4H2,1H3,(H,11,14,18). The first-order chi connectivity index (χ1) is 8.58. The second kappa shape index (κ2) is 5.29. The third kappa shape index (κ3) is 2.25. The van der Waals surface area contributed by atoms with E-state index in [2.05, 4.69) is 4.98 Å². The van der Waals surface area contributed by atoms with Gasteiger partial charge in [-0.15, -0.1) is 0 Å². The molecule has 1 aromatic heterocycles. The SMILES string of the molecule is COC1C(O)C(CO)OC1n1ccc(=O)[nH]c1=S. The van der Waals surface area contributed by atoms with Crippen molar-refractivity contribution in [3.8, 4) is 0 Å². The van der Waals surface area contributed by atoms with Gasteiger partial charge in [0.1, 0.15) is 18.3 Å². The lowest BCUT2D eigenvalue weighted by Crippen LogP contribution is -2.35. The van der Waals surface area contributed by atoms with Crippen LogP contribution in [0.4, 0.5) is 0 Å². The van der Waals surface area contributed by atoms with Gasteiger partial charge < -0.3 is 19.7 Å². The molecule has 2 heterocycles. The lowest BCUT2D eigenvalue weighted by Gasteiger charge is -2.20. The first-order valence-corrected chi connectivity index (χ1v) is 5.78. The summed E-state index contributed by atoms with van der Waals surface area (Å²) < 4.78 is 12.3. The minimum absolute atomic E-state index is 0.167. The van der Waals surface area contributed by atoms with Crippen LogP contribution in [0.5, 0.6) is 0 Å². The monoisotopic (exact) mass is 274 g/mol. The number of nitrogens with zero attached hydrogens (tertiary/aromatic N) is 1. The first kappa shape index (κ1) is 13.4. The van der Waals surface area contributed by atoms with Crippen LogP contribution >= 0.6 is 12.2 Å². The van der Waals surface area contributed by atoms with E-state index >= 15 is 0 Å². The van der Waals surface area contributed by atoms with Gasteiger partial charge in [0.05, 0.1) is 6.61 Å². The van der Waals surface area contributed by atoms with Crippen LogP contribution in [0.3, 0.4) is 0 Å². The second-order valence-corrected chi connectivity index (χ2v) is 4.34. The molecule has 100 valence electrons. The number of methoxy groups -OCH3 is 1. The number of aromatic amines is 1. The van der Waals surface area contributed by atoms with Gasteiger partial charge in [-0.2, -0.15) is 0 Å². The maximum atomic E-state index is 11.1. The number of hydrogen-bond acceptors (Lipinski definition) is 6. The number of hydrogen-bond donors (Lipinski definition) is 3. The number of rotatable bonds is 3. The van der Waals surface area contributed by atoms with Crippen LogP contribution in [0.1, 0.15) is 6.23 Å². The van der Waals surface area contributed by atoms with Gasteiger partial charge in [-0.25, -0.2) is 0 Å². The Balaban J connectivity index is 2.38. The summed E-state index contributed by atoms with van der Waals surface area (Å²) in [5.74, 6) is 0. The van der Waals surface area contributed by atoms with Gasteiger partial charge in [0.25, 0.3) is 5.56 Å². The van der Waals surface area contributed by atoms with Crippen molar-refractivity contribution in [3.05, 3.63) is 27.4 Å². The van der Waals surface area contributed by atoms with Crippen LogP contribution in [-0.2, 0) is 9.47 Å². The van der Waals surface area contributed by atoms with Crippen molar-refractivity contribution in [1.82, 2.24) is 9.55 Å². The minimum Gasteiger partial charge on any atom is -0.394 e. The van der Waals surface area contributed by atoms with Crippen molar-refractivity contribution in [1.29, 1.82) is 0 Å². The topological polar surface area (TPSA) is 96.7 Å². The second-order valence-electron chi connectivity index (χ2n) is 3.96. The molecule has 0 saturated carbocycles. The summed E-state index contributed by atoms with van der Waals surface area (Å²) in [6.07, 6.45) is -1.59. The lowest BCUT2D eigenvalue weighted by atomic mass is 10.1. The first-order valence-electron chi connectivity index (χ1n) is 5.37. The molecule has 1 fully saturated rings. The van der Waals surface area contributed by atoms with Gasteiger partial charge in [-0.3, -0.25) is 14.3 Å². The average molecular weight is 274 g/mol. The van der Waals surface area contributed by atoms with Gasteiger partial charge >= 0.3 is 0 Å². The summed E-state index contributed by atoms with van der Waals surface area (Å²) in [5.41, 5.74) is -0.317.